The summed E-state index contributed by atoms with van der Waals surface area (Å²) in [6.07, 6.45) is -1.44. The molecule has 4 atom stereocenters. The van der Waals surface area contributed by atoms with Crippen LogP contribution < -0.4 is 0 Å². The Labute approximate surface area is 202 Å². The summed E-state index contributed by atoms with van der Waals surface area (Å²) < 4.78 is 29.9. The van der Waals surface area contributed by atoms with E-state index in [-0.39, 0.29) is 12.4 Å². The van der Waals surface area contributed by atoms with Gasteiger partial charge in [0.1, 0.15) is 17.8 Å². The van der Waals surface area contributed by atoms with Gasteiger partial charge in [-0.2, -0.15) is 0 Å². The van der Waals surface area contributed by atoms with Crippen LogP contribution in [-0.2, 0) is 41.7 Å². The Morgan fingerprint density at radius 2 is 1.50 bits per heavy atom. The lowest BCUT2D eigenvalue weighted by atomic mass is 9.93. The van der Waals surface area contributed by atoms with Gasteiger partial charge in [-0.05, 0) is 43.9 Å². The normalized spacial score (nSPS) is 23.0. The first-order valence-electron chi connectivity index (χ1n) is 11.7. The van der Waals surface area contributed by atoms with Gasteiger partial charge in [-0.25, -0.2) is 0 Å². The van der Waals surface area contributed by atoms with Gasteiger partial charge >= 0.3 is 5.97 Å². The van der Waals surface area contributed by atoms with Crippen LogP contribution in [0.3, 0.4) is 0 Å². The van der Waals surface area contributed by atoms with Gasteiger partial charge in [0.05, 0.1) is 19.3 Å². The van der Waals surface area contributed by atoms with Crippen molar-refractivity contribution < 1.29 is 28.5 Å². The van der Waals surface area contributed by atoms with Crippen LogP contribution >= 0.6 is 0 Å². The molecule has 1 saturated heterocycles. The summed E-state index contributed by atoms with van der Waals surface area (Å²) in [5, 5.41) is 0. The van der Waals surface area contributed by atoms with Crippen LogP contribution in [0.25, 0.3) is 0 Å². The van der Waals surface area contributed by atoms with E-state index in [1.54, 1.807) is 7.11 Å². The maximum absolute atomic E-state index is 12.3. The van der Waals surface area contributed by atoms with E-state index in [0.29, 0.717) is 19.6 Å². The molecular formula is C28H36O6. The lowest BCUT2D eigenvalue weighted by Crippen LogP contribution is -2.52. The first kappa shape index (κ1) is 26.1. The van der Waals surface area contributed by atoms with Crippen LogP contribution in [0.2, 0.25) is 0 Å². The van der Waals surface area contributed by atoms with Gasteiger partial charge in [0.15, 0.2) is 6.29 Å². The molecule has 0 spiro atoms. The molecule has 0 saturated carbocycles. The highest BCUT2D eigenvalue weighted by atomic mass is 16.7. The van der Waals surface area contributed by atoms with Crippen LogP contribution in [0.15, 0.2) is 72.8 Å². The molecule has 3 rings (SSSR count). The smallest absolute Gasteiger partial charge is 0.306 e. The highest BCUT2D eigenvalue weighted by Crippen LogP contribution is 2.33. The quantitative estimate of drug-likeness (QED) is 0.353. The predicted octanol–water partition coefficient (Wildman–Crippen LogP) is 5.21. The van der Waals surface area contributed by atoms with Crippen LogP contribution in [-0.4, -0.2) is 43.3 Å². The zero-order valence-corrected chi connectivity index (χ0v) is 20.6. The summed E-state index contributed by atoms with van der Waals surface area (Å²) in [5.74, 6) is -0.276. The molecule has 0 unspecified atom stereocenters. The summed E-state index contributed by atoms with van der Waals surface area (Å²) in [5.41, 5.74) is 2.28. The first-order chi connectivity index (χ1) is 16.3. The topological polar surface area (TPSA) is 63.2 Å². The second kappa shape index (κ2) is 12.3. The lowest BCUT2D eigenvalue weighted by molar-refractivity contribution is -0.261. The highest BCUT2D eigenvalue weighted by Gasteiger charge is 2.43. The molecule has 0 radical (unpaired) electrons. The van der Waals surface area contributed by atoms with Crippen molar-refractivity contribution in [1.82, 2.24) is 0 Å². The Balaban J connectivity index is 1.72. The van der Waals surface area contributed by atoms with Gasteiger partial charge in [0.2, 0.25) is 0 Å². The Morgan fingerprint density at radius 3 is 2.03 bits per heavy atom. The molecular weight excluding hydrogens is 432 g/mol. The number of esters is 1. The number of carbonyl (C=O) groups excluding carboxylic acids is 1. The Kier molecular flexibility index (Phi) is 9.42. The number of ether oxygens (including phenoxy) is 5. The number of carbonyl (C=O) groups is 1. The third kappa shape index (κ3) is 7.77. The second-order valence-electron chi connectivity index (χ2n) is 9.41. The van der Waals surface area contributed by atoms with Crippen molar-refractivity contribution in [2.24, 2.45) is 0 Å². The van der Waals surface area contributed by atoms with E-state index in [1.807, 2.05) is 81.4 Å². The molecule has 0 bridgehead atoms. The van der Waals surface area contributed by atoms with Gasteiger partial charge in [0.25, 0.3) is 0 Å². The van der Waals surface area contributed by atoms with E-state index < -0.39 is 30.2 Å². The van der Waals surface area contributed by atoms with Gasteiger partial charge in [-0.15, -0.1) is 0 Å². The van der Waals surface area contributed by atoms with Crippen molar-refractivity contribution in [1.29, 1.82) is 0 Å². The third-order valence-corrected chi connectivity index (χ3v) is 5.46. The number of rotatable bonds is 10. The molecule has 0 aliphatic carbocycles. The molecule has 34 heavy (non-hydrogen) atoms. The van der Waals surface area contributed by atoms with Crippen molar-refractivity contribution >= 4 is 5.97 Å². The second-order valence-corrected chi connectivity index (χ2v) is 9.41. The third-order valence-electron chi connectivity index (χ3n) is 5.46. The summed E-state index contributed by atoms with van der Waals surface area (Å²) in [4.78, 5) is 12.3. The van der Waals surface area contributed by atoms with E-state index >= 15 is 0 Å². The standard InChI is InChI=1S/C28H36O6/c1-20-23(16-17-24(29)34-28(2,3)4)33-27(30-5)26(32-19-22-14-10-7-11-15-22)25(20)31-18-21-12-8-6-9-13-21/h6-15,23,25-27H,1,16-19H2,2-5H3/t23-,25+,26-,27+/m1/s1. The van der Waals surface area contributed by atoms with E-state index in [0.717, 1.165) is 16.7 Å². The number of methoxy groups -OCH3 is 1. The zero-order chi connectivity index (χ0) is 24.6. The minimum Gasteiger partial charge on any atom is -0.460 e. The SMILES string of the molecule is C=C1[C@@H](CCC(=O)OC(C)(C)C)O[C@H](OC)[C@H](OCc2ccccc2)[C@H]1OCc1ccccc1. The molecule has 2 aromatic rings. The molecule has 0 N–H and O–H groups in total. The monoisotopic (exact) mass is 468 g/mol. The number of hydrogen-bond acceptors (Lipinski definition) is 6. The molecule has 1 aliphatic heterocycles. The fraction of sp³-hybridized carbons (Fsp3) is 0.464. The van der Waals surface area contributed by atoms with Crippen molar-refractivity contribution in [2.45, 2.75) is 77.0 Å². The summed E-state index contributed by atoms with van der Waals surface area (Å²) in [6.45, 7) is 10.6. The van der Waals surface area contributed by atoms with Crippen LogP contribution in [0, 0.1) is 0 Å². The largest absolute Gasteiger partial charge is 0.460 e. The number of hydrogen-bond donors (Lipinski definition) is 0. The van der Waals surface area contributed by atoms with Crippen molar-refractivity contribution in [2.75, 3.05) is 7.11 Å². The summed E-state index contributed by atoms with van der Waals surface area (Å²) >= 11 is 0. The Hall–Kier alpha value is -2.51. The van der Waals surface area contributed by atoms with Gasteiger partial charge < -0.3 is 23.7 Å². The van der Waals surface area contributed by atoms with Crippen molar-refractivity contribution in [3.05, 3.63) is 83.9 Å². The molecule has 2 aromatic carbocycles. The van der Waals surface area contributed by atoms with Crippen molar-refractivity contribution in [3.63, 3.8) is 0 Å². The lowest BCUT2D eigenvalue weighted by Gasteiger charge is -2.42. The molecule has 0 aromatic heterocycles. The molecule has 0 amide bonds. The first-order valence-corrected chi connectivity index (χ1v) is 11.7. The Morgan fingerprint density at radius 1 is 0.941 bits per heavy atom. The van der Waals surface area contributed by atoms with E-state index in [1.165, 1.54) is 0 Å². The minimum atomic E-state index is -0.668. The molecule has 1 heterocycles. The predicted molar refractivity (Wildman–Crippen MR) is 130 cm³/mol. The molecule has 184 valence electrons. The van der Waals surface area contributed by atoms with Crippen LogP contribution in [0.4, 0.5) is 0 Å². The van der Waals surface area contributed by atoms with Crippen molar-refractivity contribution in [3.8, 4) is 0 Å². The number of benzene rings is 2. The molecule has 1 fully saturated rings. The van der Waals surface area contributed by atoms with E-state index in [4.69, 9.17) is 23.7 Å². The van der Waals surface area contributed by atoms with E-state index in [2.05, 4.69) is 6.58 Å². The average molecular weight is 469 g/mol. The van der Waals surface area contributed by atoms with Gasteiger partial charge in [-0.3, -0.25) is 4.79 Å². The maximum atomic E-state index is 12.3. The summed E-state index contributed by atoms with van der Waals surface area (Å²) in [7, 11) is 1.58. The fourth-order valence-electron chi connectivity index (χ4n) is 3.84. The van der Waals surface area contributed by atoms with Crippen LogP contribution in [0.5, 0.6) is 0 Å². The minimum absolute atomic E-state index is 0.207. The van der Waals surface area contributed by atoms with Crippen LogP contribution in [0.1, 0.15) is 44.7 Å². The van der Waals surface area contributed by atoms with E-state index in [9.17, 15) is 4.79 Å². The molecule has 6 nitrogen and oxygen atoms in total. The molecule has 1 aliphatic rings. The highest BCUT2D eigenvalue weighted by molar-refractivity contribution is 5.69. The zero-order valence-electron chi connectivity index (χ0n) is 20.6. The average Bonchev–Trinajstić information content (AvgIpc) is 2.81. The summed E-state index contributed by atoms with van der Waals surface area (Å²) in [6, 6.07) is 19.9. The van der Waals surface area contributed by atoms with Gasteiger partial charge in [0, 0.05) is 13.5 Å². The maximum Gasteiger partial charge on any atom is 0.306 e. The molecule has 6 heteroatoms. The Bertz CT molecular complexity index is 905. The fourth-order valence-corrected chi connectivity index (χ4v) is 3.84. The van der Waals surface area contributed by atoms with Gasteiger partial charge in [-0.1, -0.05) is 67.2 Å².